The van der Waals surface area contributed by atoms with Crippen LogP contribution in [0.15, 0.2) is 0 Å². The number of nitrogens with one attached hydrogen (secondary N) is 2. The Morgan fingerprint density at radius 1 is 1.50 bits per heavy atom. The average molecular weight is 174 g/mol. The summed E-state index contributed by atoms with van der Waals surface area (Å²) in [6.45, 7) is 6.44. The molecule has 0 spiro atoms. The molecule has 1 unspecified atom stereocenters. The molecule has 0 rings (SSSR count). The lowest BCUT2D eigenvalue weighted by Gasteiger charge is -2.23. The molecule has 3 N–H and O–H groups in total. The van der Waals surface area contributed by atoms with Crippen molar-refractivity contribution in [3.05, 3.63) is 0 Å². The number of likely N-dealkylation sites (N-methyl/N-ethyl adjacent to an activating group) is 1. The summed E-state index contributed by atoms with van der Waals surface area (Å²) in [7, 11) is 1.64. The zero-order valence-corrected chi connectivity index (χ0v) is 8.14. The van der Waals surface area contributed by atoms with Crippen molar-refractivity contribution < 1.29 is 9.90 Å². The highest BCUT2D eigenvalue weighted by molar-refractivity contribution is 5.73. The zero-order chi connectivity index (χ0) is 9.78. The van der Waals surface area contributed by atoms with Crippen LogP contribution in [-0.4, -0.2) is 36.2 Å². The van der Waals surface area contributed by atoms with Crippen LogP contribution in [0.25, 0.3) is 0 Å². The fourth-order valence-corrected chi connectivity index (χ4v) is 0.721. The predicted octanol–water partition coefficient (Wildman–Crippen LogP) is 0.0471. The number of carbonyl (C=O) groups is 1. The van der Waals surface area contributed by atoms with E-state index in [1.165, 1.54) is 0 Å². The summed E-state index contributed by atoms with van der Waals surface area (Å²) in [5, 5.41) is 14.5. The SMILES string of the molecule is CNC(CNC(C)(C)C)C(=O)O. The van der Waals surface area contributed by atoms with Gasteiger partial charge in [-0.2, -0.15) is 0 Å². The lowest BCUT2D eigenvalue weighted by atomic mass is 10.1. The Bertz CT molecular complexity index is 152. The first-order valence-electron chi connectivity index (χ1n) is 4.02. The predicted molar refractivity (Wildman–Crippen MR) is 48.2 cm³/mol. The molecule has 12 heavy (non-hydrogen) atoms. The van der Waals surface area contributed by atoms with Crippen molar-refractivity contribution in [2.24, 2.45) is 0 Å². The largest absolute Gasteiger partial charge is 0.480 e. The monoisotopic (exact) mass is 174 g/mol. The summed E-state index contributed by atoms with van der Waals surface area (Å²) < 4.78 is 0. The van der Waals surface area contributed by atoms with E-state index < -0.39 is 12.0 Å². The molecule has 0 fully saturated rings. The summed E-state index contributed by atoms with van der Waals surface area (Å²) in [4.78, 5) is 10.5. The highest BCUT2D eigenvalue weighted by Gasteiger charge is 2.17. The fraction of sp³-hybridized carbons (Fsp3) is 0.875. The number of hydrogen-bond donors (Lipinski definition) is 3. The molecule has 72 valence electrons. The summed E-state index contributed by atoms with van der Waals surface area (Å²) >= 11 is 0. The molecular formula is C8H18N2O2. The third-order valence-electron chi connectivity index (χ3n) is 1.48. The summed E-state index contributed by atoms with van der Waals surface area (Å²) in [5.74, 6) is -0.825. The molecule has 1 atom stereocenters. The topological polar surface area (TPSA) is 61.4 Å². The molecule has 0 aliphatic heterocycles. The Morgan fingerprint density at radius 2 is 2.00 bits per heavy atom. The first-order valence-corrected chi connectivity index (χ1v) is 4.02. The smallest absolute Gasteiger partial charge is 0.322 e. The van der Waals surface area contributed by atoms with Crippen LogP contribution < -0.4 is 10.6 Å². The van der Waals surface area contributed by atoms with Gasteiger partial charge in [0.15, 0.2) is 0 Å². The van der Waals surface area contributed by atoms with Gasteiger partial charge in [0, 0.05) is 12.1 Å². The van der Waals surface area contributed by atoms with Gasteiger partial charge in [-0.3, -0.25) is 4.79 Å². The van der Waals surface area contributed by atoms with Crippen LogP contribution in [0, 0.1) is 0 Å². The van der Waals surface area contributed by atoms with E-state index in [9.17, 15) is 4.79 Å². The minimum Gasteiger partial charge on any atom is -0.480 e. The molecular weight excluding hydrogens is 156 g/mol. The standard InChI is InChI=1S/C8H18N2O2/c1-8(2,3)10-5-6(9-4)7(11)12/h6,9-10H,5H2,1-4H3,(H,11,12). The van der Waals surface area contributed by atoms with Gasteiger partial charge in [0.1, 0.15) is 6.04 Å². The van der Waals surface area contributed by atoms with Gasteiger partial charge in [-0.05, 0) is 27.8 Å². The normalized spacial score (nSPS) is 14.3. The van der Waals surface area contributed by atoms with Gasteiger partial charge in [-0.25, -0.2) is 0 Å². The Hall–Kier alpha value is -0.610. The van der Waals surface area contributed by atoms with Crippen LogP contribution in [0.5, 0.6) is 0 Å². The fourth-order valence-electron chi connectivity index (χ4n) is 0.721. The number of aliphatic carboxylic acids is 1. The lowest BCUT2D eigenvalue weighted by Crippen LogP contribution is -2.48. The van der Waals surface area contributed by atoms with E-state index in [1.807, 2.05) is 20.8 Å². The molecule has 4 heteroatoms. The molecule has 0 saturated carbocycles. The Morgan fingerprint density at radius 3 is 2.25 bits per heavy atom. The summed E-state index contributed by atoms with van der Waals surface area (Å²) in [5.41, 5.74) is -0.0372. The molecule has 0 aliphatic carbocycles. The molecule has 0 heterocycles. The first kappa shape index (κ1) is 11.4. The molecule has 0 aromatic rings. The first-order chi connectivity index (χ1) is 5.37. The van der Waals surface area contributed by atoms with Gasteiger partial charge in [0.05, 0.1) is 0 Å². The second kappa shape index (κ2) is 4.42. The highest BCUT2D eigenvalue weighted by atomic mass is 16.4. The number of hydrogen-bond acceptors (Lipinski definition) is 3. The molecule has 0 bridgehead atoms. The van der Waals surface area contributed by atoms with Crippen molar-refractivity contribution in [2.75, 3.05) is 13.6 Å². The molecule has 4 nitrogen and oxygen atoms in total. The van der Waals surface area contributed by atoms with Crippen LogP contribution >= 0.6 is 0 Å². The minimum absolute atomic E-state index is 0.0372. The van der Waals surface area contributed by atoms with E-state index in [1.54, 1.807) is 7.05 Å². The molecule has 0 aromatic heterocycles. The van der Waals surface area contributed by atoms with E-state index in [-0.39, 0.29) is 5.54 Å². The minimum atomic E-state index is -0.825. The maximum atomic E-state index is 10.5. The quantitative estimate of drug-likeness (QED) is 0.563. The van der Waals surface area contributed by atoms with E-state index in [2.05, 4.69) is 10.6 Å². The zero-order valence-electron chi connectivity index (χ0n) is 8.14. The van der Waals surface area contributed by atoms with Gasteiger partial charge in [0.25, 0.3) is 0 Å². The van der Waals surface area contributed by atoms with Gasteiger partial charge >= 0.3 is 5.97 Å². The van der Waals surface area contributed by atoms with Crippen LogP contribution in [0.1, 0.15) is 20.8 Å². The molecule has 0 saturated heterocycles. The molecule has 0 aliphatic rings. The van der Waals surface area contributed by atoms with Gasteiger partial charge < -0.3 is 15.7 Å². The second-order valence-electron chi connectivity index (χ2n) is 3.81. The van der Waals surface area contributed by atoms with Crippen molar-refractivity contribution in [3.8, 4) is 0 Å². The average Bonchev–Trinajstić information content (AvgIpc) is 1.85. The van der Waals surface area contributed by atoms with Crippen molar-refractivity contribution in [2.45, 2.75) is 32.4 Å². The van der Waals surface area contributed by atoms with Crippen molar-refractivity contribution in [1.82, 2.24) is 10.6 Å². The van der Waals surface area contributed by atoms with Crippen LogP contribution in [0.4, 0.5) is 0 Å². The number of carboxylic acids is 1. The Kier molecular flexibility index (Phi) is 4.20. The third kappa shape index (κ3) is 5.09. The maximum Gasteiger partial charge on any atom is 0.322 e. The van der Waals surface area contributed by atoms with Crippen LogP contribution in [0.2, 0.25) is 0 Å². The third-order valence-corrected chi connectivity index (χ3v) is 1.48. The van der Waals surface area contributed by atoms with Crippen molar-refractivity contribution in [1.29, 1.82) is 0 Å². The van der Waals surface area contributed by atoms with Gasteiger partial charge in [-0.15, -0.1) is 0 Å². The molecule has 0 aromatic carbocycles. The van der Waals surface area contributed by atoms with E-state index in [0.717, 1.165) is 0 Å². The Balaban J connectivity index is 3.81. The van der Waals surface area contributed by atoms with Crippen LogP contribution in [-0.2, 0) is 4.79 Å². The summed E-state index contributed by atoms with van der Waals surface area (Å²) in [6.07, 6.45) is 0. The van der Waals surface area contributed by atoms with Crippen molar-refractivity contribution >= 4 is 5.97 Å². The Labute approximate surface area is 73.3 Å². The maximum absolute atomic E-state index is 10.5. The van der Waals surface area contributed by atoms with Gasteiger partial charge in [-0.1, -0.05) is 0 Å². The lowest BCUT2D eigenvalue weighted by molar-refractivity contribution is -0.139. The van der Waals surface area contributed by atoms with E-state index in [0.29, 0.717) is 6.54 Å². The van der Waals surface area contributed by atoms with Crippen LogP contribution in [0.3, 0.4) is 0 Å². The molecule has 0 amide bonds. The highest BCUT2D eigenvalue weighted by Crippen LogP contribution is 1.97. The second-order valence-corrected chi connectivity index (χ2v) is 3.81. The summed E-state index contributed by atoms with van der Waals surface area (Å²) in [6, 6.07) is -0.510. The van der Waals surface area contributed by atoms with E-state index in [4.69, 9.17) is 5.11 Å². The number of rotatable bonds is 4. The van der Waals surface area contributed by atoms with Crippen molar-refractivity contribution in [3.63, 3.8) is 0 Å². The van der Waals surface area contributed by atoms with E-state index >= 15 is 0 Å². The van der Waals surface area contributed by atoms with Gasteiger partial charge in [0.2, 0.25) is 0 Å². The molecule has 0 radical (unpaired) electrons. The number of carboxylic acid groups (broad SMARTS) is 1.